The molecule has 8 rings (SSSR count). The Balaban J connectivity index is 1.50. The molecule has 1 N–H and O–H groups in total. The first-order chi connectivity index (χ1) is 37.4. The average molecular weight is 925 g/mol. The van der Waals surface area contributed by atoms with Gasteiger partial charge in [-0.1, -0.05) is 169 Å². The summed E-state index contributed by atoms with van der Waals surface area (Å²) in [5, 5.41) is 12.5. The van der Waals surface area contributed by atoms with Crippen LogP contribution in [0.15, 0.2) is 133 Å². The fourth-order valence-corrected chi connectivity index (χ4v) is 9.71. The molecule has 0 bridgehead atoms. The molecule has 0 unspecified atom stereocenters. The minimum atomic E-state index is -2.63. The van der Waals surface area contributed by atoms with Crippen LogP contribution < -0.4 is 0 Å². The first kappa shape index (κ1) is 36.7. The normalized spacial score (nSPS) is 14.9. The quantitative estimate of drug-likeness (QED) is 0.118. The Bertz CT molecular complexity index is 3660. The number of fused-ring (bicyclic) bond motifs is 1. The molecule has 4 heteroatoms. The van der Waals surface area contributed by atoms with Crippen molar-refractivity contribution in [2.75, 3.05) is 0 Å². The van der Waals surface area contributed by atoms with Crippen LogP contribution >= 0.6 is 0 Å². The monoisotopic (exact) mass is 925 g/mol. The summed E-state index contributed by atoms with van der Waals surface area (Å²) < 4.78 is 100.0. The Kier molecular flexibility index (Phi) is 10.2. The molecule has 0 aliphatic carbocycles. The van der Waals surface area contributed by atoms with Crippen molar-refractivity contribution in [2.24, 2.45) is 0 Å². The third-order valence-corrected chi connectivity index (χ3v) is 15.1. The highest BCUT2D eigenvalue weighted by molar-refractivity contribution is 5.97. The Hall–Kier alpha value is -6.26. The molecular weight excluding hydrogens is 839 g/mol. The SMILES string of the molecule is [2H]c1nc(-c2cc(-c3cccc4c3nc(-c3cc(C(C)C)cc(C(C)C)c3O)n4-c3ccc(-c4c(C(C)(CC)CC)cccc4C(C)(CC)CC)cc3C([2H])([2H])[2H])cc(C(C)(C)C)c2)c([2H])c(-c2c([2H])c([2H])c([2H])c([2H])c2[2H])c1[2H]. The number of aromatic hydroxyl groups is 1. The van der Waals surface area contributed by atoms with E-state index in [1.165, 1.54) is 11.1 Å². The van der Waals surface area contributed by atoms with Gasteiger partial charge in [-0.25, -0.2) is 4.98 Å². The molecule has 0 amide bonds. The zero-order chi connectivity index (χ0) is 59.0. The van der Waals surface area contributed by atoms with Crippen LogP contribution in [0.4, 0.5) is 0 Å². The van der Waals surface area contributed by atoms with E-state index >= 15 is 0 Å². The molecule has 0 aliphatic rings. The fourth-order valence-electron chi connectivity index (χ4n) is 9.71. The van der Waals surface area contributed by atoms with Gasteiger partial charge in [-0.15, -0.1) is 0 Å². The number of hydrogen-bond donors (Lipinski definition) is 1. The van der Waals surface area contributed by atoms with Crippen LogP contribution in [-0.2, 0) is 16.2 Å². The third kappa shape index (κ3) is 9.20. The number of aryl methyl sites for hydroxylation is 1. The molecule has 2 heterocycles. The second kappa shape index (κ2) is 19.3. The van der Waals surface area contributed by atoms with Crippen LogP contribution in [0, 0.1) is 6.85 Å². The van der Waals surface area contributed by atoms with E-state index in [-0.39, 0.29) is 56.8 Å². The first-order valence-corrected chi connectivity index (χ1v) is 24.8. The molecule has 0 spiro atoms. The minimum absolute atomic E-state index is 0.0290. The number of benzene rings is 6. The number of nitrogens with zero attached hydrogens (tertiary/aromatic N) is 3. The number of phenols is 1. The first-order valence-electron chi connectivity index (χ1n) is 30.3. The summed E-state index contributed by atoms with van der Waals surface area (Å²) >= 11 is 0. The molecule has 0 aliphatic heterocycles. The summed E-state index contributed by atoms with van der Waals surface area (Å²) in [6.07, 6.45) is 3.00. The molecule has 0 saturated heterocycles. The highest BCUT2D eigenvalue weighted by Gasteiger charge is 2.33. The zero-order valence-electron chi connectivity index (χ0n) is 53.9. The summed E-state index contributed by atoms with van der Waals surface area (Å²) in [6.45, 7) is 25.1. The summed E-state index contributed by atoms with van der Waals surface area (Å²) in [7, 11) is 0. The van der Waals surface area contributed by atoms with Gasteiger partial charge in [0, 0.05) is 21.4 Å². The van der Waals surface area contributed by atoms with E-state index in [1.54, 1.807) is 0 Å². The maximum Gasteiger partial charge on any atom is 0.149 e. The fraction of sp³-hybridized carbons (Fsp3) is 0.354. The maximum absolute atomic E-state index is 12.5. The summed E-state index contributed by atoms with van der Waals surface area (Å²) in [6, 6.07) is 23.7. The van der Waals surface area contributed by atoms with Gasteiger partial charge < -0.3 is 5.11 Å². The summed E-state index contributed by atoms with van der Waals surface area (Å²) in [5.74, 6) is 0.349. The Morgan fingerprint density at radius 3 is 1.91 bits per heavy atom. The Morgan fingerprint density at radius 2 is 1.30 bits per heavy atom. The van der Waals surface area contributed by atoms with E-state index in [2.05, 4.69) is 78.6 Å². The maximum atomic E-state index is 12.5. The second-order valence-electron chi connectivity index (χ2n) is 21.0. The van der Waals surface area contributed by atoms with Gasteiger partial charge in [-0.2, -0.15) is 0 Å². The number of aromatic nitrogens is 3. The Labute approximate surface area is 429 Å². The van der Waals surface area contributed by atoms with Crippen LogP contribution in [-0.4, -0.2) is 19.6 Å². The zero-order valence-corrected chi connectivity index (χ0v) is 42.9. The number of para-hydroxylation sites is 1. The lowest BCUT2D eigenvalue weighted by Gasteiger charge is -2.36. The molecule has 0 saturated carbocycles. The predicted molar refractivity (Wildman–Crippen MR) is 295 cm³/mol. The summed E-state index contributed by atoms with van der Waals surface area (Å²) in [5.41, 5.74) is 8.70. The molecular formula is C65H75N3O. The van der Waals surface area contributed by atoms with E-state index in [4.69, 9.17) is 14.6 Å². The molecule has 0 atom stereocenters. The van der Waals surface area contributed by atoms with Crippen molar-refractivity contribution in [3.8, 4) is 67.5 Å². The van der Waals surface area contributed by atoms with E-state index in [1.807, 2.05) is 106 Å². The molecule has 8 aromatic rings. The smallest absolute Gasteiger partial charge is 0.149 e. The van der Waals surface area contributed by atoms with Gasteiger partial charge >= 0.3 is 0 Å². The number of phenolic OH excluding ortho intramolecular Hbond substituents is 1. The van der Waals surface area contributed by atoms with Crippen LogP contribution in [0.2, 0.25) is 0 Å². The van der Waals surface area contributed by atoms with E-state index < -0.39 is 54.7 Å². The topological polar surface area (TPSA) is 50.9 Å². The van der Waals surface area contributed by atoms with Crippen molar-refractivity contribution in [2.45, 2.75) is 151 Å². The molecule has 356 valence electrons. The number of hydrogen-bond acceptors (Lipinski definition) is 3. The molecule has 2 aromatic heterocycles. The van der Waals surface area contributed by atoms with Crippen molar-refractivity contribution >= 4 is 11.0 Å². The largest absolute Gasteiger partial charge is 0.507 e. The van der Waals surface area contributed by atoms with E-state index in [9.17, 15) is 10.6 Å². The van der Waals surface area contributed by atoms with Crippen LogP contribution in [0.25, 0.3) is 72.7 Å². The lowest BCUT2D eigenvalue weighted by atomic mass is 9.68. The van der Waals surface area contributed by atoms with Crippen molar-refractivity contribution in [3.63, 3.8) is 0 Å². The lowest BCUT2D eigenvalue weighted by Crippen LogP contribution is -2.25. The van der Waals surface area contributed by atoms with Gasteiger partial charge in [0.2, 0.25) is 0 Å². The van der Waals surface area contributed by atoms with E-state index in [0.717, 1.165) is 53.5 Å². The Morgan fingerprint density at radius 1 is 0.652 bits per heavy atom. The molecule has 6 aromatic carbocycles. The summed E-state index contributed by atoms with van der Waals surface area (Å²) in [4.78, 5) is 9.97. The van der Waals surface area contributed by atoms with Gasteiger partial charge in [0.1, 0.15) is 11.6 Å². The predicted octanol–water partition coefficient (Wildman–Crippen LogP) is 18.5. The lowest BCUT2D eigenvalue weighted by molar-refractivity contribution is 0.426. The molecule has 0 radical (unpaired) electrons. The van der Waals surface area contributed by atoms with Gasteiger partial charge in [0.15, 0.2) is 0 Å². The minimum Gasteiger partial charge on any atom is -0.507 e. The highest BCUT2D eigenvalue weighted by atomic mass is 16.3. The van der Waals surface area contributed by atoms with Crippen molar-refractivity contribution in [1.29, 1.82) is 0 Å². The molecule has 0 fully saturated rings. The molecule has 69 heavy (non-hydrogen) atoms. The van der Waals surface area contributed by atoms with E-state index in [0.29, 0.717) is 44.8 Å². The highest BCUT2D eigenvalue weighted by Crippen LogP contribution is 2.48. The van der Waals surface area contributed by atoms with Gasteiger partial charge in [-0.05, 0) is 170 Å². The standard InChI is InChI=1S/C65H75N3O/c1-15-64(13,16-2)54-27-23-28-55(65(14,17-3)18-4)59(54)46-30-31-57(43(9)34-46)68-58-29-22-26-51(60(58)67-62(68)53-39-47(41(5)6)38-52(42(7)8)61(53)69)48-35-49(37-50(36-48)63(10,11)12)56-40-45(32-33-66-56)44-24-20-19-21-25-44/h19-42,69H,15-18H2,1-14H3/i9D3,19D,20D,21D,24D,25D,32D,33D,40D. The van der Waals surface area contributed by atoms with Gasteiger partial charge in [0.05, 0.1) is 38.9 Å². The molecule has 4 nitrogen and oxygen atoms in total. The van der Waals surface area contributed by atoms with Gasteiger partial charge in [0.25, 0.3) is 0 Å². The van der Waals surface area contributed by atoms with Crippen molar-refractivity contribution in [3.05, 3.63) is 167 Å². The third-order valence-electron chi connectivity index (χ3n) is 15.1. The second-order valence-corrected chi connectivity index (χ2v) is 21.0. The number of imidazole rings is 1. The van der Waals surface area contributed by atoms with Crippen LogP contribution in [0.1, 0.15) is 176 Å². The van der Waals surface area contributed by atoms with Crippen molar-refractivity contribution < 1.29 is 20.2 Å². The average Bonchev–Trinajstić information content (AvgIpc) is 4.04. The van der Waals surface area contributed by atoms with Gasteiger partial charge in [-0.3, -0.25) is 9.55 Å². The number of rotatable bonds is 14. The van der Waals surface area contributed by atoms with Crippen LogP contribution in [0.5, 0.6) is 5.75 Å². The van der Waals surface area contributed by atoms with Crippen LogP contribution in [0.3, 0.4) is 0 Å². The number of pyridine rings is 1. The van der Waals surface area contributed by atoms with Crippen molar-refractivity contribution in [1.82, 2.24) is 14.5 Å².